The molecule has 1 amide bonds. The van der Waals surface area contributed by atoms with Crippen molar-refractivity contribution in [3.8, 4) is 5.69 Å². The fraction of sp³-hybridized carbons (Fsp3) is 0.286. The van der Waals surface area contributed by atoms with Crippen molar-refractivity contribution in [2.75, 3.05) is 26.2 Å². The summed E-state index contributed by atoms with van der Waals surface area (Å²) in [4.78, 5) is 21.2. The molecular weight excluding hydrogens is 374 g/mol. The van der Waals surface area contributed by atoms with Crippen LogP contribution in [0.5, 0.6) is 0 Å². The highest BCUT2D eigenvalue weighted by Crippen LogP contribution is 2.15. The number of amides is 1. The maximum Gasteiger partial charge on any atom is 0.253 e. The molecule has 2 heterocycles. The van der Waals surface area contributed by atoms with Crippen LogP contribution in [0.4, 0.5) is 0 Å². The SMILES string of the molecule is O=C(c1ccc(-n2cncn2)cc1)N1CCCN(Cc2ccc(Cl)cc2)CC1. The van der Waals surface area contributed by atoms with Gasteiger partial charge < -0.3 is 4.90 Å². The Bertz CT molecular complexity index is 909. The van der Waals surface area contributed by atoms with Gasteiger partial charge in [0.15, 0.2) is 0 Å². The minimum absolute atomic E-state index is 0.0819. The molecule has 0 N–H and O–H groups in total. The summed E-state index contributed by atoms with van der Waals surface area (Å²) in [5.41, 5.74) is 2.84. The van der Waals surface area contributed by atoms with E-state index in [1.165, 1.54) is 11.9 Å². The lowest BCUT2D eigenvalue weighted by atomic mass is 10.1. The van der Waals surface area contributed by atoms with E-state index in [2.05, 4.69) is 27.1 Å². The van der Waals surface area contributed by atoms with Crippen LogP contribution in [-0.4, -0.2) is 56.7 Å². The first-order valence-electron chi connectivity index (χ1n) is 9.40. The monoisotopic (exact) mass is 395 g/mol. The van der Waals surface area contributed by atoms with Crippen molar-refractivity contribution >= 4 is 17.5 Å². The molecule has 1 fully saturated rings. The van der Waals surface area contributed by atoms with E-state index >= 15 is 0 Å². The van der Waals surface area contributed by atoms with Gasteiger partial charge >= 0.3 is 0 Å². The lowest BCUT2D eigenvalue weighted by Gasteiger charge is -2.22. The molecule has 1 saturated heterocycles. The molecule has 0 bridgehead atoms. The Morgan fingerprint density at radius 3 is 2.46 bits per heavy atom. The van der Waals surface area contributed by atoms with Crippen LogP contribution in [0.3, 0.4) is 0 Å². The Morgan fingerprint density at radius 2 is 1.75 bits per heavy atom. The normalized spacial score (nSPS) is 15.4. The van der Waals surface area contributed by atoms with Crippen LogP contribution in [0.25, 0.3) is 5.69 Å². The summed E-state index contributed by atoms with van der Waals surface area (Å²) in [6.45, 7) is 4.24. The summed E-state index contributed by atoms with van der Waals surface area (Å²) < 4.78 is 1.68. The summed E-state index contributed by atoms with van der Waals surface area (Å²) in [5.74, 6) is 0.0819. The summed E-state index contributed by atoms with van der Waals surface area (Å²) in [7, 11) is 0. The third-order valence-electron chi connectivity index (χ3n) is 4.99. The van der Waals surface area contributed by atoms with E-state index in [9.17, 15) is 4.79 Å². The fourth-order valence-electron chi connectivity index (χ4n) is 3.46. The summed E-state index contributed by atoms with van der Waals surface area (Å²) in [6, 6.07) is 15.5. The lowest BCUT2D eigenvalue weighted by molar-refractivity contribution is 0.0761. The molecule has 3 aromatic rings. The van der Waals surface area contributed by atoms with E-state index in [0.29, 0.717) is 5.56 Å². The maximum atomic E-state index is 12.9. The molecule has 28 heavy (non-hydrogen) atoms. The van der Waals surface area contributed by atoms with Crippen molar-refractivity contribution < 1.29 is 4.79 Å². The zero-order valence-corrected chi connectivity index (χ0v) is 16.3. The number of halogens is 1. The van der Waals surface area contributed by atoms with Crippen molar-refractivity contribution in [2.24, 2.45) is 0 Å². The molecule has 7 heteroatoms. The predicted octanol–water partition coefficient (Wildman–Crippen LogP) is 3.27. The topological polar surface area (TPSA) is 54.3 Å². The van der Waals surface area contributed by atoms with Gasteiger partial charge in [-0.1, -0.05) is 23.7 Å². The molecule has 6 nitrogen and oxygen atoms in total. The van der Waals surface area contributed by atoms with Crippen molar-refractivity contribution in [1.29, 1.82) is 0 Å². The number of hydrogen-bond donors (Lipinski definition) is 0. The number of carbonyl (C=O) groups excluding carboxylic acids is 1. The Morgan fingerprint density at radius 1 is 0.964 bits per heavy atom. The zero-order chi connectivity index (χ0) is 19.3. The van der Waals surface area contributed by atoms with Gasteiger partial charge in [-0.15, -0.1) is 0 Å². The van der Waals surface area contributed by atoms with Crippen LogP contribution in [0.15, 0.2) is 61.2 Å². The molecule has 144 valence electrons. The number of aromatic nitrogens is 3. The number of nitrogens with zero attached hydrogens (tertiary/aromatic N) is 5. The standard InChI is InChI=1S/C21H22ClN5O/c22-19-6-2-17(3-7-19)14-25-10-1-11-26(13-12-25)21(28)18-4-8-20(9-5-18)27-16-23-15-24-27/h2-9,15-16H,1,10-14H2. The Hall–Kier alpha value is -2.70. The van der Waals surface area contributed by atoms with Crippen LogP contribution in [0.1, 0.15) is 22.3 Å². The lowest BCUT2D eigenvalue weighted by Crippen LogP contribution is -2.35. The van der Waals surface area contributed by atoms with Crippen LogP contribution < -0.4 is 0 Å². The highest BCUT2D eigenvalue weighted by molar-refractivity contribution is 6.30. The number of hydrogen-bond acceptors (Lipinski definition) is 4. The minimum atomic E-state index is 0.0819. The number of rotatable bonds is 4. The highest BCUT2D eigenvalue weighted by atomic mass is 35.5. The van der Waals surface area contributed by atoms with Gasteiger partial charge in [0.1, 0.15) is 12.7 Å². The molecule has 0 aliphatic carbocycles. The molecule has 1 aromatic heterocycles. The molecule has 0 saturated carbocycles. The second kappa shape index (κ2) is 8.54. The average Bonchev–Trinajstić information content (AvgIpc) is 3.16. The molecule has 1 aliphatic heterocycles. The summed E-state index contributed by atoms with van der Waals surface area (Å²) in [5, 5.41) is 4.86. The van der Waals surface area contributed by atoms with Crippen LogP contribution >= 0.6 is 11.6 Å². The third kappa shape index (κ3) is 4.40. The van der Waals surface area contributed by atoms with E-state index in [4.69, 9.17) is 11.6 Å². The quantitative estimate of drug-likeness (QED) is 0.680. The summed E-state index contributed by atoms with van der Waals surface area (Å²) >= 11 is 5.97. The van der Waals surface area contributed by atoms with Gasteiger partial charge in [-0.2, -0.15) is 5.10 Å². The second-order valence-electron chi connectivity index (χ2n) is 6.94. The van der Waals surface area contributed by atoms with Crippen molar-refractivity contribution in [1.82, 2.24) is 24.6 Å². The third-order valence-corrected chi connectivity index (χ3v) is 5.24. The first-order chi connectivity index (χ1) is 13.7. The van der Waals surface area contributed by atoms with Gasteiger partial charge in [-0.3, -0.25) is 9.69 Å². The van der Waals surface area contributed by atoms with Gasteiger partial charge in [0.25, 0.3) is 5.91 Å². The number of carbonyl (C=O) groups is 1. The maximum absolute atomic E-state index is 12.9. The number of benzene rings is 2. The highest BCUT2D eigenvalue weighted by Gasteiger charge is 2.20. The Kier molecular flexibility index (Phi) is 5.69. The predicted molar refractivity (Wildman–Crippen MR) is 109 cm³/mol. The zero-order valence-electron chi connectivity index (χ0n) is 15.5. The average molecular weight is 396 g/mol. The van der Waals surface area contributed by atoms with E-state index in [1.54, 1.807) is 11.0 Å². The van der Waals surface area contributed by atoms with Gasteiger partial charge in [-0.05, 0) is 48.4 Å². The molecule has 0 atom stereocenters. The van der Waals surface area contributed by atoms with Crippen LogP contribution in [0, 0.1) is 0 Å². The van der Waals surface area contributed by atoms with E-state index in [-0.39, 0.29) is 5.91 Å². The molecule has 1 aliphatic rings. The molecule has 0 unspecified atom stereocenters. The minimum Gasteiger partial charge on any atom is -0.337 e. The molecule has 2 aromatic carbocycles. The van der Waals surface area contributed by atoms with E-state index in [0.717, 1.165) is 49.9 Å². The smallest absolute Gasteiger partial charge is 0.253 e. The van der Waals surface area contributed by atoms with E-state index in [1.807, 2.05) is 41.3 Å². The van der Waals surface area contributed by atoms with Gasteiger partial charge in [0, 0.05) is 43.3 Å². The molecule has 4 rings (SSSR count). The fourth-order valence-corrected chi connectivity index (χ4v) is 3.59. The Labute approximate surface area is 169 Å². The molecule has 0 spiro atoms. The van der Waals surface area contributed by atoms with Crippen molar-refractivity contribution in [3.63, 3.8) is 0 Å². The van der Waals surface area contributed by atoms with Crippen LogP contribution in [0.2, 0.25) is 5.02 Å². The first-order valence-corrected chi connectivity index (χ1v) is 9.78. The van der Waals surface area contributed by atoms with Gasteiger partial charge in [-0.25, -0.2) is 9.67 Å². The Balaban J connectivity index is 1.37. The van der Waals surface area contributed by atoms with Crippen LogP contribution in [-0.2, 0) is 6.54 Å². The van der Waals surface area contributed by atoms with Crippen molar-refractivity contribution in [2.45, 2.75) is 13.0 Å². The van der Waals surface area contributed by atoms with Gasteiger partial charge in [0.05, 0.1) is 5.69 Å². The molecular formula is C21H22ClN5O. The summed E-state index contributed by atoms with van der Waals surface area (Å²) in [6.07, 6.45) is 4.10. The van der Waals surface area contributed by atoms with E-state index < -0.39 is 0 Å². The van der Waals surface area contributed by atoms with Gasteiger partial charge in [0.2, 0.25) is 0 Å². The largest absolute Gasteiger partial charge is 0.337 e. The molecule has 0 radical (unpaired) electrons. The van der Waals surface area contributed by atoms with Crippen molar-refractivity contribution in [3.05, 3.63) is 77.3 Å². The first kappa shape index (κ1) is 18.7. The second-order valence-corrected chi connectivity index (χ2v) is 7.37.